The van der Waals surface area contributed by atoms with Crippen molar-refractivity contribution in [1.29, 1.82) is 0 Å². The second kappa shape index (κ2) is 6.76. The molecule has 0 aromatic heterocycles. The molecule has 20 heavy (non-hydrogen) atoms. The van der Waals surface area contributed by atoms with Gasteiger partial charge in [0, 0.05) is 31.8 Å². The smallest absolute Gasteiger partial charge is 0.410 e. The Balaban J connectivity index is 1.80. The molecule has 2 rings (SSSR count). The average molecular weight is 284 g/mol. The van der Waals surface area contributed by atoms with Gasteiger partial charge in [0.1, 0.15) is 5.60 Å². The van der Waals surface area contributed by atoms with E-state index in [-0.39, 0.29) is 6.09 Å². The molecule has 5 nitrogen and oxygen atoms in total. The first-order valence-corrected chi connectivity index (χ1v) is 7.76. The van der Waals surface area contributed by atoms with Gasteiger partial charge >= 0.3 is 6.09 Å². The first-order valence-electron chi connectivity index (χ1n) is 7.76. The molecule has 0 aliphatic carbocycles. The number of amides is 1. The van der Waals surface area contributed by atoms with Crippen LogP contribution in [0.5, 0.6) is 0 Å². The van der Waals surface area contributed by atoms with Gasteiger partial charge in [-0.1, -0.05) is 0 Å². The third kappa shape index (κ3) is 4.94. The van der Waals surface area contributed by atoms with Gasteiger partial charge in [-0.2, -0.15) is 0 Å². The lowest BCUT2D eigenvalue weighted by molar-refractivity contribution is 0.0159. The zero-order valence-electron chi connectivity index (χ0n) is 13.0. The van der Waals surface area contributed by atoms with Gasteiger partial charge in [0.25, 0.3) is 0 Å². The van der Waals surface area contributed by atoms with Crippen molar-refractivity contribution in [3.05, 3.63) is 0 Å². The van der Waals surface area contributed by atoms with Crippen LogP contribution in [0.3, 0.4) is 0 Å². The van der Waals surface area contributed by atoms with Crippen LogP contribution in [0.15, 0.2) is 0 Å². The van der Waals surface area contributed by atoms with Crippen LogP contribution in [0.4, 0.5) is 4.79 Å². The van der Waals surface area contributed by atoms with Gasteiger partial charge in [-0.15, -0.1) is 0 Å². The fourth-order valence-corrected chi connectivity index (χ4v) is 2.81. The Bertz CT molecular complexity index is 322. The lowest BCUT2D eigenvalue weighted by Crippen LogP contribution is -2.53. The predicted molar refractivity (Wildman–Crippen MR) is 77.8 cm³/mol. The fourth-order valence-electron chi connectivity index (χ4n) is 2.81. The Morgan fingerprint density at radius 1 is 1.25 bits per heavy atom. The van der Waals surface area contributed by atoms with Crippen molar-refractivity contribution in [2.75, 3.05) is 26.3 Å². The summed E-state index contributed by atoms with van der Waals surface area (Å²) in [4.78, 5) is 13.9. The maximum atomic E-state index is 12.1. The normalized spacial score (nSPS) is 28.2. The van der Waals surface area contributed by atoms with E-state index in [0.29, 0.717) is 12.1 Å². The summed E-state index contributed by atoms with van der Waals surface area (Å²) in [5.41, 5.74) is -0.422. The second-order valence-electron chi connectivity index (χ2n) is 6.85. The molecule has 116 valence electrons. The van der Waals surface area contributed by atoms with E-state index >= 15 is 0 Å². The summed E-state index contributed by atoms with van der Waals surface area (Å²) in [7, 11) is 0. The van der Waals surface area contributed by atoms with Crippen molar-refractivity contribution in [2.45, 2.75) is 64.1 Å². The van der Waals surface area contributed by atoms with Crippen LogP contribution >= 0.6 is 0 Å². The van der Waals surface area contributed by atoms with Gasteiger partial charge in [0.15, 0.2) is 0 Å². The van der Waals surface area contributed by atoms with E-state index in [1.54, 1.807) is 0 Å². The standard InChI is InChI=1S/C15H28N2O3/c1-15(2,3)20-14(18)17-8-4-6-12(10-17)16-13-7-5-9-19-11-13/h12-13,16H,4-11H2,1-3H3. The Hall–Kier alpha value is -0.810. The summed E-state index contributed by atoms with van der Waals surface area (Å²) in [6, 6.07) is 0.801. The molecule has 1 N–H and O–H groups in total. The van der Waals surface area contributed by atoms with Crippen molar-refractivity contribution in [1.82, 2.24) is 10.2 Å². The lowest BCUT2D eigenvalue weighted by Gasteiger charge is -2.36. The number of nitrogens with zero attached hydrogens (tertiary/aromatic N) is 1. The minimum atomic E-state index is -0.422. The highest BCUT2D eigenvalue weighted by atomic mass is 16.6. The van der Waals surface area contributed by atoms with Crippen LogP contribution < -0.4 is 5.32 Å². The van der Waals surface area contributed by atoms with E-state index < -0.39 is 5.60 Å². The summed E-state index contributed by atoms with van der Waals surface area (Å²) >= 11 is 0. The second-order valence-corrected chi connectivity index (χ2v) is 6.85. The van der Waals surface area contributed by atoms with Gasteiger partial charge in [0.05, 0.1) is 6.61 Å². The van der Waals surface area contributed by atoms with Gasteiger partial charge < -0.3 is 19.7 Å². The topological polar surface area (TPSA) is 50.8 Å². The highest BCUT2D eigenvalue weighted by molar-refractivity contribution is 5.68. The van der Waals surface area contributed by atoms with Gasteiger partial charge in [-0.25, -0.2) is 4.79 Å². The first-order chi connectivity index (χ1) is 9.44. The third-order valence-electron chi connectivity index (χ3n) is 3.70. The van der Waals surface area contributed by atoms with Gasteiger partial charge in [-0.05, 0) is 46.5 Å². The molecule has 0 bridgehead atoms. The number of carbonyl (C=O) groups excluding carboxylic acids is 1. The average Bonchev–Trinajstić information content (AvgIpc) is 2.38. The van der Waals surface area contributed by atoms with E-state index in [9.17, 15) is 4.79 Å². The molecule has 0 aromatic rings. The fraction of sp³-hybridized carbons (Fsp3) is 0.933. The highest BCUT2D eigenvalue weighted by Crippen LogP contribution is 2.17. The van der Waals surface area contributed by atoms with Crippen LogP contribution in [0.2, 0.25) is 0 Å². The number of hydrogen-bond donors (Lipinski definition) is 1. The molecule has 2 saturated heterocycles. The van der Waals surface area contributed by atoms with Crippen molar-refractivity contribution in [2.24, 2.45) is 0 Å². The number of nitrogens with one attached hydrogen (secondary N) is 1. The lowest BCUT2D eigenvalue weighted by atomic mass is 10.0. The van der Waals surface area contributed by atoms with Gasteiger partial charge in [0.2, 0.25) is 0 Å². The number of ether oxygens (including phenoxy) is 2. The van der Waals surface area contributed by atoms with Gasteiger partial charge in [-0.3, -0.25) is 0 Å². The zero-order valence-corrected chi connectivity index (χ0v) is 13.0. The van der Waals surface area contributed by atoms with Crippen LogP contribution in [0.1, 0.15) is 46.5 Å². The van der Waals surface area contributed by atoms with Crippen LogP contribution in [-0.4, -0.2) is 55.0 Å². The summed E-state index contributed by atoms with van der Waals surface area (Å²) in [5, 5.41) is 3.63. The molecule has 1 amide bonds. The molecular weight excluding hydrogens is 256 g/mol. The van der Waals surface area contributed by atoms with Crippen LogP contribution in [0.25, 0.3) is 0 Å². The molecule has 0 saturated carbocycles. The van der Waals surface area contributed by atoms with E-state index in [4.69, 9.17) is 9.47 Å². The molecule has 2 heterocycles. The minimum absolute atomic E-state index is 0.191. The van der Waals surface area contributed by atoms with Crippen molar-refractivity contribution < 1.29 is 14.3 Å². The Kier molecular flexibility index (Phi) is 5.27. The zero-order chi connectivity index (χ0) is 14.6. The monoisotopic (exact) mass is 284 g/mol. The Morgan fingerprint density at radius 3 is 2.65 bits per heavy atom. The number of rotatable bonds is 2. The molecule has 5 heteroatoms. The SMILES string of the molecule is CC(C)(C)OC(=O)N1CCCC(NC2CCCOC2)C1. The van der Waals surface area contributed by atoms with E-state index in [2.05, 4.69) is 5.32 Å². The summed E-state index contributed by atoms with van der Waals surface area (Å²) < 4.78 is 10.9. The first kappa shape index (κ1) is 15.6. The molecule has 0 aromatic carbocycles. The molecule has 2 fully saturated rings. The quantitative estimate of drug-likeness (QED) is 0.844. The number of carbonyl (C=O) groups is 1. The van der Waals surface area contributed by atoms with E-state index in [1.165, 1.54) is 6.42 Å². The van der Waals surface area contributed by atoms with Crippen LogP contribution in [0, 0.1) is 0 Å². The van der Waals surface area contributed by atoms with Crippen molar-refractivity contribution >= 4 is 6.09 Å². The van der Waals surface area contributed by atoms with E-state index in [1.807, 2.05) is 25.7 Å². The highest BCUT2D eigenvalue weighted by Gasteiger charge is 2.28. The third-order valence-corrected chi connectivity index (χ3v) is 3.70. The summed E-state index contributed by atoms with van der Waals surface area (Å²) in [6.45, 7) is 8.94. The summed E-state index contributed by atoms with van der Waals surface area (Å²) in [5.74, 6) is 0. The maximum absolute atomic E-state index is 12.1. The minimum Gasteiger partial charge on any atom is -0.444 e. The number of hydrogen-bond acceptors (Lipinski definition) is 4. The predicted octanol–water partition coefficient (Wildman–Crippen LogP) is 2.15. The Labute approximate surface area is 122 Å². The van der Waals surface area contributed by atoms with Crippen LogP contribution in [-0.2, 0) is 9.47 Å². The molecule has 2 aliphatic rings. The molecular formula is C15H28N2O3. The molecule has 0 radical (unpaired) electrons. The maximum Gasteiger partial charge on any atom is 0.410 e. The Morgan fingerprint density at radius 2 is 2.00 bits per heavy atom. The molecule has 2 unspecified atom stereocenters. The van der Waals surface area contributed by atoms with Crippen molar-refractivity contribution in [3.8, 4) is 0 Å². The molecule has 0 spiro atoms. The van der Waals surface area contributed by atoms with Crippen molar-refractivity contribution in [3.63, 3.8) is 0 Å². The largest absolute Gasteiger partial charge is 0.444 e. The number of piperidine rings is 1. The summed E-state index contributed by atoms with van der Waals surface area (Å²) in [6.07, 6.45) is 4.26. The molecule has 2 atom stereocenters. The number of likely N-dealkylation sites (tertiary alicyclic amines) is 1. The molecule has 2 aliphatic heterocycles. The van der Waals surface area contributed by atoms with E-state index in [0.717, 1.165) is 45.6 Å².